The van der Waals surface area contributed by atoms with Gasteiger partial charge in [0.1, 0.15) is 10.6 Å². The lowest BCUT2D eigenvalue weighted by Crippen LogP contribution is -2.46. The summed E-state index contributed by atoms with van der Waals surface area (Å²) in [6.45, 7) is 3.18. The molecule has 1 aromatic rings. The average Bonchev–Trinajstić information content (AvgIpc) is 2.72. The monoisotopic (exact) mass is 358 g/mol. The lowest BCUT2D eigenvalue weighted by atomic mass is 10.2. The van der Waals surface area contributed by atoms with Gasteiger partial charge in [0.2, 0.25) is 10.0 Å². The molecular formula is C16H26N2O3S2. The molecule has 7 heteroatoms. The molecular weight excluding hydrogens is 332 g/mol. The van der Waals surface area contributed by atoms with E-state index in [9.17, 15) is 8.42 Å². The zero-order chi connectivity index (χ0) is 17.0. The van der Waals surface area contributed by atoms with E-state index in [4.69, 9.17) is 4.74 Å². The summed E-state index contributed by atoms with van der Waals surface area (Å²) in [6.07, 6.45) is 0.877. The Morgan fingerprint density at radius 1 is 1.39 bits per heavy atom. The molecule has 1 aromatic carbocycles. The number of sulfonamides is 1. The van der Waals surface area contributed by atoms with Gasteiger partial charge in [-0.2, -0.15) is 16.1 Å². The summed E-state index contributed by atoms with van der Waals surface area (Å²) in [5.41, 5.74) is 0.915. The number of hydrogen-bond donors (Lipinski definition) is 0. The van der Waals surface area contributed by atoms with E-state index >= 15 is 0 Å². The number of rotatable bonds is 5. The molecule has 0 aliphatic carbocycles. The molecule has 1 aliphatic rings. The molecule has 0 bridgehead atoms. The quantitative estimate of drug-likeness (QED) is 0.806. The highest BCUT2D eigenvalue weighted by molar-refractivity contribution is 7.99. The molecule has 23 heavy (non-hydrogen) atoms. The summed E-state index contributed by atoms with van der Waals surface area (Å²) in [4.78, 5) is 2.32. The fraction of sp³-hybridized carbons (Fsp3) is 0.625. The van der Waals surface area contributed by atoms with E-state index in [0.717, 1.165) is 30.0 Å². The molecule has 2 rings (SSSR count). The van der Waals surface area contributed by atoms with Gasteiger partial charge in [-0.05, 0) is 50.9 Å². The molecule has 5 nitrogen and oxygen atoms in total. The van der Waals surface area contributed by atoms with Crippen molar-refractivity contribution in [3.63, 3.8) is 0 Å². The average molecular weight is 359 g/mol. The summed E-state index contributed by atoms with van der Waals surface area (Å²) < 4.78 is 33.5. The van der Waals surface area contributed by atoms with Gasteiger partial charge in [0.05, 0.1) is 7.11 Å². The first-order valence-corrected chi connectivity index (χ1v) is 10.3. The fourth-order valence-electron chi connectivity index (χ4n) is 2.80. The van der Waals surface area contributed by atoms with Crippen LogP contribution < -0.4 is 4.74 Å². The van der Waals surface area contributed by atoms with E-state index in [2.05, 4.69) is 0 Å². The normalized spacial score (nSPS) is 20.5. The summed E-state index contributed by atoms with van der Waals surface area (Å²) in [7, 11) is 1.90. The zero-order valence-corrected chi connectivity index (χ0v) is 15.9. The van der Waals surface area contributed by atoms with Crippen LogP contribution >= 0.6 is 11.8 Å². The maximum Gasteiger partial charge on any atom is 0.247 e. The van der Waals surface area contributed by atoms with Crippen molar-refractivity contribution >= 4 is 21.8 Å². The van der Waals surface area contributed by atoms with Gasteiger partial charge in [0.25, 0.3) is 0 Å². The second-order valence-corrected chi connectivity index (χ2v) is 9.12. The molecule has 0 radical (unpaired) electrons. The smallest absolute Gasteiger partial charge is 0.247 e. The standard InChI is InChI=1S/C16H26N2O3S2/c1-13-6-7-15(21-4)16(10-13)23(19,20)18-8-5-9-22-12-14(18)11-17(2)3/h6-7,10,14H,5,8-9,11-12H2,1-4H3. The van der Waals surface area contributed by atoms with Crippen LogP contribution in [0.1, 0.15) is 12.0 Å². The van der Waals surface area contributed by atoms with Gasteiger partial charge in [0, 0.05) is 24.9 Å². The molecule has 1 unspecified atom stereocenters. The molecule has 130 valence electrons. The predicted octanol–water partition coefficient (Wildman–Crippen LogP) is 2.06. The first kappa shape index (κ1) is 18.6. The molecule has 1 fully saturated rings. The molecule has 0 saturated carbocycles. The Balaban J connectivity index is 2.44. The highest BCUT2D eigenvalue weighted by atomic mass is 32.2. The number of likely N-dealkylation sites (N-methyl/N-ethyl adjacent to an activating group) is 1. The minimum Gasteiger partial charge on any atom is -0.495 e. The summed E-state index contributed by atoms with van der Waals surface area (Å²) in [5, 5.41) is 0. The van der Waals surface area contributed by atoms with E-state index in [1.165, 1.54) is 7.11 Å². The third-order valence-corrected chi connectivity index (χ3v) is 7.04. The van der Waals surface area contributed by atoms with E-state index in [0.29, 0.717) is 12.3 Å². The Morgan fingerprint density at radius 3 is 2.78 bits per heavy atom. The van der Waals surface area contributed by atoms with Crippen LogP contribution in [0.25, 0.3) is 0 Å². The van der Waals surface area contributed by atoms with Crippen LogP contribution in [-0.2, 0) is 10.0 Å². The Bertz CT molecular complexity index is 632. The maximum absolute atomic E-state index is 13.3. The van der Waals surface area contributed by atoms with Gasteiger partial charge in [0.15, 0.2) is 0 Å². The maximum atomic E-state index is 13.3. The minimum atomic E-state index is -3.58. The van der Waals surface area contributed by atoms with Crippen LogP contribution in [0, 0.1) is 6.92 Å². The molecule has 0 amide bonds. The third-order valence-electron chi connectivity index (χ3n) is 3.87. The fourth-order valence-corrected chi connectivity index (χ4v) is 5.85. The molecule has 0 spiro atoms. The van der Waals surface area contributed by atoms with Gasteiger partial charge < -0.3 is 9.64 Å². The lowest BCUT2D eigenvalue weighted by Gasteiger charge is -2.31. The number of aryl methyl sites for hydroxylation is 1. The summed E-state index contributed by atoms with van der Waals surface area (Å²) >= 11 is 1.83. The van der Waals surface area contributed by atoms with E-state index in [-0.39, 0.29) is 10.9 Å². The number of ether oxygens (including phenoxy) is 1. The Hall–Kier alpha value is -0.760. The highest BCUT2D eigenvalue weighted by Crippen LogP contribution is 2.31. The van der Waals surface area contributed by atoms with Crippen molar-refractivity contribution in [2.24, 2.45) is 0 Å². The van der Waals surface area contributed by atoms with Gasteiger partial charge in [-0.3, -0.25) is 0 Å². The van der Waals surface area contributed by atoms with Crippen molar-refractivity contribution in [1.82, 2.24) is 9.21 Å². The van der Waals surface area contributed by atoms with Gasteiger partial charge in [-0.15, -0.1) is 0 Å². The van der Waals surface area contributed by atoms with E-state index in [1.807, 2.05) is 43.7 Å². The van der Waals surface area contributed by atoms with Crippen LogP contribution in [0.15, 0.2) is 23.1 Å². The molecule has 1 heterocycles. The Morgan fingerprint density at radius 2 is 2.13 bits per heavy atom. The van der Waals surface area contributed by atoms with Crippen molar-refractivity contribution in [3.05, 3.63) is 23.8 Å². The molecule has 0 N–H and O–H groups in total. The number of nitrogens with zero attached hydrogens (tertiary/aromatic N) is 2. The molecule has 1 aliphatic heterocycles. The predicted molar refractivity (Wildman–Crippen MR) is 95.9 cm³/mol. The van der Waals surface area contributed by atoms with Crippen LogP contribution in [-0.4, -0.2) is 69.5 Å². The third kappa shape index (κ3) is 4.41. The van der Waals surface area contributed by atoms with Gasteiger partial charge in [-0.25, -0.2) is 8.42 Å². The van der Waals surface area contributed by atoms with E-state index < -0.39 is 10.0 Å². The minimum absolute atomic E-state index is 0.0206. The SMILES string of the molecule is COc1ccc(C)cc1S(=O)(=O)N1CCCSCC1CN(C)C. The lowest BCUT2D eigenvalue weighted by molar-refractivity contribution is 0.270. The van der Waals surface area contributed by atoms with Crippen molar-refractivity contribution in [2.45, 2.75) is 24.3 Å². The van der Waals surface area contributed by atoms with Crippen molar-refractivity contribution < 1.29 is 13.2 Å². The number of hydrogen-bond acceptors (Lipinski definition) is 5. The number of methoxy groups -OCH3 is 1. The number of thioether (sulfide) groups is 1. The highest BCUT2D eigenvalue weighted by Gasteiger charge is 2.34. The van der Waals surface area contributed by atoms with Gasteiger partial charge >= 0.3 is 0 Å². The van der Waals surface area contributed by atoms with Crippen LogP contribution in [0.2, 0.25) is 0 Å². The van der Waals surface area contributed by atoms with Crippen LogP contribution in [0.5, 0.6) is 5.75 Å². The molecule has 1 saturated heterocycles. The van der Waals surface area contributed by atoms with Gasteiger partial charge in [-0.1, -0.05) is 6.07 Å². The van der Waals surface area contributed by atoms with E-state index in [1.54, 1.807) is 16.4 Å². The largest absolute Gasteiger partial charge is 0.495 e. The summed E-state index contributed by atoms with van der Waals surface area (Å²) in [5.74, 6) is 2.24. The number of benzene rings is 1. The summed E-state index contributed by atoms with van der Waals surface area (Å²) in [6, 6.07) is 5.29. The molecule has 0 aromatic heterocycles. The van der Waals surface area contributed by atoms with Crippen molar-refractivity contribution in [2.75, 3.05) is 45.8 Å². The zero-order valence-electron chi connectivity index (χ0n) is 14.3. The first-order chi connectivity index (χ1) is 10.9. The first-order valence-electron chi connectivity index (χ1n) is 7.75. The van der Waals surface area contributed by atoms with Crippen LogP contribution in [0.3, 0.4) is 0 Å². The second-order valence-electron chi connectivity index (χ2n) is 6.11. The van der Waals surface area contributed by atoms with Crippen LogP contribution in [0.4, 0.5) is 0 Å². The topological polar surface area (TPSA) is 49.9 Å². The molecule has 1 atom stereocenters. The Labute approximate surface area is 144 Å². The van der Waals surface area contributed by atoms with Crippen molar-refractivity contribution in [3.8, 4) is 5.75 Å². The Kier molecular flexibility index (Phi) is 6.36. The van der Waals surface area contributed by atoms with Crippen molar-refractivity contribution in [1.29, 1.82) is 0 Å². The second kappa shape index (κ2) is 7.88.